The summed E-state index contributed by atoms with van der Waals surface area (Å²) in [5.74, 6) is -3.12. The van der Waals surface area contributed by atoms with E-state index in [-0.39, 0.29) is 42.8 Å². The van der Waals surface area contributed by atoms with E-state index in [9.17, 15) is 24.3 Å². The zero-order valence-electron chi connectivity index (χ0n) is 29.6. The zero-order chi connectivity index (χ0) is 36.7. The molecule has 0 radical (unpaired) electrons. The third-order valence-electron chi connectivity index (χ3n) is 10.3. The van der Waals surface area contributed by atoms with Crippen LogP contribution in [0.1, 0.15) is 67.7 Å². The Morgan fingerprint density at radius 2 is 1.86 bits per heavy atom. The van der Waals surface area contributed by atoms with Crippen LogP contribution < -0.4 is 10.2 Å². The van der Waals surface area contributed by atoms with Gasteiger partial charge in [0, 0.05) is 36.6 Å². The monoisotopic (exact) mass is 763 g/mol. The van der Waals surface area contributed by atoms with Gasteiger partial charge in [0.1, 0.15) is 18.2 Å². The molecule has 2 N–H and O–H groups in total. The Morgan fingerprint density at radius 1 is 1.12 bits per heavy atom. The van der Waals surface area contributed by atoms with Crippen LogP contribution in [0, 0.1) is 25.7 Å². The van der Waals surface area contributed by atoms with E-state index in [2.05, 4.69) is 34.4 Å². The Balaban J connectivity index is 1.49. The van der Waals surface area contributed by atoms with Crippen molar-refractivity contribution in [3.8, 4) is 0 Å². The lowest BCUT2D eigenvalue weighted by molar-refractivity contribution is -0.145. The first-order valence-corrected chi connectivity index (χ1v) is 18.8. The number of fused-ring (bicyclic) bond motifs is 1. The summed E-state index contributed by atoms with van der Waals surface area (Å²) in [6.45, 7) is 12.1. The van der Waals surface area contributed by atoms with E-state index in [0.717, 1.165) is 35.2 Å². The van der Waals surface area contributed by atoms with Gasteiger partial charge in [-0.25, -0.2) is 0 Å². The molecule has 0 aliphatic carbocycles. The number of amides is 3. The maximum atomic E-state index is 15.0. The molecule has 51 heavy (non-hydrogen) atoms. The average Bonchev–Trinajstić information content (AvgIpc) is 3.72. The van der Waals surface area contributed by atoms with Crippen LogP contribution in [-0.4, -0.2) is 82.6 Å². The summed E-state index contributed by atoms with van der Waals surface area (Å²) >= 11 is 3.77. The maximum Gasteiger partial charge on any atom is 0.306 e. The fraction of sp³-hybridized carbons (Fsp3) is 0.500. The SMILES string of the molecule is C=CCCC(=O)OC[C@H](NC(=O)[C@H]1[C@@H]2O[C@@]3(CC2Br)[C@@H]1C(=O)N(CCCCCCO)[C@@H]3C(=O)N(CC=C)c1cc(C)ccc1C)c1ccccc1. The largest absolute Gasteiger partial charge is 0.463 e. The number of aliphatic hydroxyl groups excluding tert-OH is 1. The number of carbonyl (C=O) groups is 4. The quantitative estimate of drug-likeness (QED) is 0.0891. The van der Waals surface area contributed by atoms with Gasteiger partial charge < -0.3 is 29.7 Å². The molecule has 7 atom stereocenters. The molecule has 0 aromatic heterocycles. The summed E-state index contributed by atoms with van der Waals surface area (Å²) in [6, 6.07) is 13.6. The lowest BCUT2D eigenvalue weighted by Gasteiger charge is -2.37. The highest BCUT2D eigenvalue weighted by Crippen LogP contribution is 2.60. The highest BCUT2D eigenvalue weighted by Gasteiger charge is 2.76. The average molecular weight is 765 g/mol. The number of anilines is 1. The predicted molar refractivity (Wildman–Crippen MR) is 199 cm³/mol. The number of halogens is 1. The molecule has 3 heterocycles. The first kappa shape index (κ1) is 38.4. The van der Waals surface area contributed by atoms with Gasteiger partial charge in [-0.05, 0) is 62.3 Å². The number of unbranched alkanes of at least 4 members (excludes halogenated alkanes) is 3. The van der Waals surface area contributed by atoms with E-state index in [1.54, 1.807) is 22.0 Å². The van der Waals surface area contributed by atoms with Crippen molar-refractivity contribution >= 4 is 45.3 Å². The molecule has 2 aromatic carbocycles. The number of alkyl halides is 1. The van der Waals surface area contributed by atoms with Crippen molar-refractivity contribution in [2.24, 2.45) is 11.8 Å². The predicted octanol–water partition coefficient (Wildman–Crippen LogP) is 5.49. The summed E-state index contributed by atoms with van der Waals surface area (Å²) in [5, 5.41) is 12.4. The number of carbonyl (C=O) groups excluding carboxylic acids is 4. The molecule has 0 saturated carbocycles. The number of ether oxygens (including phenoxy) is 2. The number of allylic oxidation sites excluding steroid dienone is 1. The Kier molecular flexibility index (Phi) is 12.9. The van der Waals surface area contributed by atoms with E-state index in [1.165, 1.54) is 0 Å². The third kappa shape index (κ3) is 8.00. The molecule has 3 aliphatic rings. The van der Waals surface area contributed by atoms with Crippen molar-refractivity contribution in [3.05, 3.63) is 90.5 Å². The van der Waals surface area contributed by atoms with E-state index in [1.807, 2.05) is 62.4 Å². The molecule has 3 aliphatic heterocycles. The Hall–Kier alpha value is -3.80. The van der Waals surface area contributed by atoms with Crippen LogP contribution in [0.15, 0.2) is 73.8 Å². The number of aliphatic hydroxyl groups is 1. The van der Waals surface area contributed by atoms with Crippen LogP contribution >= 0.6 is 15.9 Å². The Bertz CT molecular complexity index is 1600. The molecule has 5 rings (SSSR count). The van der Waals surface area contributed by atoms with Crippen LogP contribution in [0.5, 0.6) is 0 Å². The molecule has 1 unspecified atom stereocenters. The standard InChI is InChI=1S/C40H50BrN3O7/c1-5-7-17-32(46)50-25-30(28-15-11-10-12-16-28)42-37(47)33-34-38(48)44(21-13-8-9-14-22-45)36(40(34)24-29(41)35(33)51-40)39(49)43(20-6-2)31-23-26(3)18-19-27(31)4/h5-6,10-12,15-16,18-19,23,29-30,33-36,45H,1-2,7-9,13-14,17,20-22,24-25H2,3-4H3,(H,42,47)/t29?,30-,33+,34-,35+,36+,40-/m0/s1. The van der Waals surface area contributed by atoms with Gasteiger partial charge in [0.15, 0.2) is 0 Å². The Labute approximate surface area is 309 Å². The molecule has 274 valence electrons. The van der Waals surface area contributed by atoms with Gasteiger partial charge in [-0.15, -0.1) is 13.2 Å². The molecule has 3 saturated heterocycles. The summed E-state index contributed by atoms with van der Waals surface area (Å²) in [6.07, 6.45) is 6.57. The number of hydrogen-bond donors (Lipinski definition) is 2. The van der Waals surface area contributed by atoms with Crippen molar-refractivity contribution in [2.45, 2.75) is 87.4 Å². The van der Waals surface area contributed by atoms with E-state index >= 15 is 0 Å². The van der Waals surface area contributed by atoms with Crippen LogP contribution in [0.4, 0.5) is 5.69 Å². The molecule has 2 bridgehead atoms. The first-order chi connectivity index (χ1) is 24.6. The minimum Gasteiger partial charge on any atom is -0.463 e. The number of likely N-dealkylation sites (tertiary alicyclic amines) is 1. The summed E-state index contributed by atoms with van der Waals surface area (Å²) < 4.78 is 12.4. The highest BCUT2D eigenvalue weighted by atomic mass is 79.9. The number of rotatable bonds is 18. The maximum absolute atomic E-state index is 15.0. The smallest absolute Gasteiger partial charge is 0.306 e. The van der Waals surface area contributed by atoms with Crippen LogP contribution in [0.25, 0.3) is 0 Å². The topological polar surface area (TPSA) is 125 Å². The molecule has 11 heteroatoms. The van der Waals surface area contributed by atoms with Gasteiger partial charge in [0.2, 0.25) is 11.8 Å². The molecular formula is C40H50BrN3O7. The van der Waals surface area contributed by atoms with Gasteiger partial charge in [0.25, 0.3) is 5.91 Å². The lowest BCUT2D eigenvalue weighted by Crippen LogP contribution is -2.57. The number of hydrogen-bond acceptors (Lipinski definition) is 7. The lowest BCUT2D eigenvalue weighted by atomic mass is 9.70. The molecule has 3 amide bonds. The number of nitrogens with one attached hydrogen (secondary N) is 1. The van der Waals surface area contributed by atoms with Gasteiger partial charge in [0.05, 0.1) is 24.0 Å². The fourth-order valence-corrected chi connectivity index (χ4v) is 8.88. The molecular weight excluding hydrogens is 714 g/mol. The van der Waals surface area contributed by atoms with Gasteiger partial charge in [-0.1, -0.05) is 83.4 Å². The summed E-state index contributed by atoms with van der Waals surface area (Å²) in [4.78, 5) is 59.6. The van der Waals surface area contributed by atoms with Crippen molar-refractivity contribution < 1.29 is 33.8 Å². The van der Waals surface area contributed by atoms with E-state index in [0.29, 0.717) is 32.2 Å². The summed E-state index contributed by atoms with van der Waals surface area (Å²) in [7, 11) is 0. The molecule has 3 fully saturated rings. The highest BCUT2D eigenvalue weighted by molar-refractivity contribution is 9.09. The number of aryl methyl sites for hydroxylation is 2. The van der Waals surface area contributed by atoms with Crippen LogP contribution in [0.2, 0.25) is 0 Å². The normalized spacial score (nSPS) is 25.3. The second kappa shape index (κ2) is 17.1. The van der Waals surface area contributed by atoms with Crippen molar-refractivity contribution in [1.29, 1.82) is 0 Å². The number of nitrogens with zero attached hydrogens (tertiary/aromatic N) is 2. The molecule has 2 aromatic rings. The van der Waals surface area contributed by atoms with E-state index in [4.69, 9.17) is 9.47 Å². The number of esters is 1. The van der Waals surface area contributed by atoms with Crippen molar-refractivity contribution in [3.63, 3.8) is 0 Å². The number of benzene rings is 2. The fourth-order valence-electron chi connectivity index (χ4n) is 7.93. The van der Waals surface area contributed by atoms with Crippen LogP contribution in [-0.2, 0) is 28.7 Å². The van der Waals surface area contributed by atoms with Gasteiger partial charge in [-0.3, -0.25) is 19.2 Å². The van der Waals surface area contributed by atoms with E-state index < -0.39 is 47.5 Å². The minimum absolute atomic E-state index is 0.0844. The summed E-state index contributed by atoms with van der Waals surface area (Å²) in [5.41, 5.74) is 2.15. The molecule has 10 nitrogen and oxygen atoms in total. The minimum atomic E-state index is -1.24. The third-order valence-corrected chi connectivity index (χ3v) is 11.2. The first-order valence-electron chi connectivity index (χ1n) is 17.9. The van der Waals surface area contributed by atoms with Gasteiger partial charge >= 0.3 is 5.97 Å². The van der Waals surface area contributed by atoms with Crippen molar-refractivity contribution in [1.82, 2.24) is 10.2 Å². The molecule has 1 spiro atoms. The zero-order valence-corrected chi connectivity index (χ0v) is 31.2. The van der Waals surface area contributed by atoms with Gasteiger partial charge in [-0.2, -0.15) is 0 Å². The second-order valence-electron chi connectivity index (χ2n) is 13.8. The van der Waals surface area contributed by atoms with Crippen molar-refractivity contribution in [2.75, 3.05) is 31.2 Å². The second-order valence-corrected chi connectivity index (χ2v) is 15.0. The Morgan fingerprint density at radius 3 is 2.57 bits per heavy atom. The van der Waals surface area contributed by atoms with Crippen LogP contribution in [0.3, 0.4) is 0 Å².